The maximum Gasteiger partial charge on any atom is 0.401 e. The van der Waals surface area contributed by atoms with E-state index in [-0.39, 0.29) is 12.1 Å². The molecule has 102 valence electrons. The van der Waals surface area contributed by atoms with Crippen LogP contribution in [-0.4, -0.2) is 42.8 Å². The zero-order chi connectivity index (χ0) is 12.9. The molecular formula is C12H23F3N2. The van der Waals surface area contributed by atoms with Crippen molar-refractivity contribution in [2.75, 3.05) is 19.6 Å². The molecule has 0 bridgehead atoms. The summed E-state index contributed by atoms with van der Waals surface area (Å²) in [4.78, 5) is 1.57. The number of nitrogens with one attached hydrogen (secondary N) is 1. The highest BCUT2D eigenvalue weighted by molar-refractivity contribution is 4.90. The highest BCUT2D eigenvalue weighted by atomic mass is 19.4. The summed E-state index contributed by atoms with van der Waals surface area (Å²) in [7, 11) is 0. The van der Waals surface area contributed by atoms with E-state index in [0.29, 0.717) is 6.54 Å². The molecule has 2 unspecified atom stereocenters. The molecule has 0 aromatic heterocycles. The lowest BCUT2D eigenvalue weighted by Crippen LogP contribution is -2.50. The van der Waals surface area contributed by atoms with Gasteiger partial charge < -0.3 is 5.32 Å². The molecule has 1 aliphatic rings. The van der Waals surface area contributed by atoms with Crippen LogP contribution in [0.3, 0.4) is 0 Å². The SMILES string of the molecule is CCCNC1CCCC1N(CC)CC(F)(F)F. The fraction of sp³-hybridized carbons (Fsp3) is 1.00. The molecular weight excluding hydrogens is 229 g/mol. The van der Waals surface area contributed by atoms with Gasteiger partial charge in [-0.2, -0.15) is 13.2 Å². The summed E-state index contributed by atoms with van der Waals surface area (Å²) >= 11 is 0. The Balaban J connectivity index is 2.54. The van der Waals surface area contributed by atoms with E-state index >= 15 is 0 Å². The molecule has 2 nitrogen and oxygen atoms in total. The summed E-state index contributed by atoms with van der Waals surface area (Å²) < 4.78 is 37.4. The Hall–Kier alpha value is -0.290. The number of likely N-dealkylation sites (N-methyl/N-ethyl adjacent to an activating group) is 1. The maximum atomic E-state index is 12.5. The third-order valence-corrected chi connectivity index (χ3v) is 3.39. The van der Waals surface area contributed by atoms with Crippen molar-refractivity contribution in [3.05, 3.63) is 0 Å². The summed E-state index contributed by atoms with van der Waals surface area (Å²) in [6.07, 6.45) is -0.159. The predicted octanol–water partition coefficient (Wildman–Crippen LogP) is 2.79. The third kappa shape index (κ3) is 4.84. The lowest BCUT2D eigenvalue weighted by atomic mass is 10.1. The Bertz CT molecular complexity index is 218. The Morgan fingerprint density at radius 2 is 1.94 bits per heavy atom. The van der Waals surface area contributed by atoms with Crippen LogP contribution in [0.25, 0.3) is 0 Å². The van der Waals surface area contributed by atoms with Crippen molar-refractivity contribution in [2.45, 2.75) is 57.8 Å². The smallest absolute Gasteiger partial charge is 0.312 e. The van der Waals surface area contributed by atoms with Gasteiger partial charge in [0.1, 0.15) is 0 Å². The minimum atomic E-state index is -4.09. The van der Waals surface area contributed by atoms with E-state index in [2.05, 4.69) is 12.2 Å². The first-order valence-electron chi connectivity index (χ1n) is 6.52. The number of nitrogens with zero attached hydrogens (tertiary/aromatic N) is 1. The van der Waals surface area contributed by atoms with Gasteiger partial charge in [-0.3, -0.25) is 4.90 Å². The summed E-state index contributed by atoms with van der Waals surface area (Å²) in [5.41, 5.74) is 0. The van der Waals surface area contributed by atoms with Gasteiger partial charge in [0.05, 0.1) is 6.54 Å². The molecule has 0 amide bonds. The van der Waals surface area contributed by atoms with E-state index in [1.807, 2.05) is 0 Å². The van der Waals surface area contributed by atoms with Gasteiger partial charge >= 0.3 is 6.18 Å². The topological polar surface area (TPSA) is 15.3 Å². The second-order valence-corrected chi connectivity index (χ2v) is 4.74. The van der Waals surface area contributed by atoms with Gasteiger partial charge in [0.25, 0.3) is 0 Å². The lowest BCUT2D eigenvalue weighted by molar-refractivity contribution is -0.150. The summed E-state index contributed by atoms with van der Waals surface area (Å²) in [5.74, 6) is 0. The number of alkyl halides is 3. The Morgan fingerprint density at radius 1 is 1.24 bits per heavy atom. The first-order valence-corrected chi connectivity index (χ1v) is 6.52. The van der Waals surface area contributed by atoms with E-state index < -0.39 is 12.7 Å². The van der Waals surface area contributed by atoms with Crippen LogP contribution in [0.1, 0.15) is 39.5 Å². The molecule has 0 aliphatic heterocycles. The van der Waals surface area contributed by atoms with E-state index in [1.165, 1.54) is 0 Å². The summed E-state index contributed by atoms with van der Waals surface area (Å²) in [6, 6.07) is 0.283. The Labute approximate surface area is 102 Å². The lowest BCUT2D eigenvalue weighted by Gasteiger charge is -2.33. The van der Waals surface area contributed by atoms with E-state index in [9.17, 15) is 13.2 Å². The van der Waals surface area contributed by atoms with E-state index in [4.69, 9.17) is 0 Å². The summed E-state index contributed by atoms with van der Waals surface area (Å²) in [6.45, 7) is 4.46. The number of hydrogen-bond acceptors (Lipinski definition) is 2. The van der Waals surface area contributed by atoms with E-state index in [1.54, 1.807) is 11.8 Å². The normalized spacial score (nSPS) is 25.8. The Morgan fingerprint density at radius 3 is 2.47 bits per heavy atom. The molecule has 1 N–H and O–H groups in total. The van der Waals surface area contributed by atoms with Gasteiger partial charge in [0, 0.05) is 12.1 Å². The average Bonchev–Trinajstić information content (AvgIpc) is 2.69. The molecule has 1 saturated carbocycles. The van der Waals surface area contributed by atoms with E-state index in [0.717, 1.165) is 32.2 Å². The van der Waals surface area contributed by atoms with Crippen LogP contribution >= 0.6 is 0 Å². The molecule has 17 heavy (non-hydrogen) atoms. The molecule has 0 spiro atoms. The van der Waals surface area contributed by atoms with Crippen molar-refractivity contribution < 1.29 is 13.2 Å². The van der Waals surface area contributed by atoms with Crippen LogP contribution in [0.4, 0.5) is 13.2 Å². The van der Waals surface area contributed by atoms with Crippen LogP contribution in [0, 0.1) is 0 Å². The van der Waals surface area contributed by atoms with Gasteiger partial charge in [0.15, 0.2) is 0 Å². The number of rotatable bonds is 6. The van der Waals surface area contributed by atoms with Gasteiger partial charge in [0.2, 0.25) is 0 Å². The molecule has 1 aliphatic carbocycles. The van der Waals surface area contributed by atoms with Gasteiger partial charge in [-0.15, -0.1) is 0 Å². The molecule has 2 atom stereocenters. The largest absolute Gasteiger partial charge is 0.401 e. The highest BCUT2D eigenvalue weighted by Crippen LogP contribution is 2.27. The van der Waals surface area contributed by atoms with Crippen molar-refractivity contribution in [1.29, 1.82) is 0 Å². The first kappa shape index (κ1) is 14.8. The zero-order valence-electron chi connectivity index (χ0n) is 10.7. The molecule has 0 saturated heterocycles. The summed E-state index contributed by atoms with van der Waals surface area (Å²) in [5, 5.41) is 3.37. The standard InChI is InChI=1S/C12H23F3N2/c1-3-8-16-10-6-5-7-11(10)17(4-2)9-12(13,14)15/h10-11,16H,3-9H2,1-2H3. The van der Waals surface area contributed by atoms with Crippen LogP contribution in [0.5, 0.6) is 0 Å². The predicted molar refractivity (Wildman–Crippen MR) is 63.0 cm³/mol. The van der Waals surface area contributed by atoms with Gasteiger partial charge in [-0.1, -0.05) is 20.3 Å². The minimum absolute atomic E-state index is 0.0492. The molecule has 1 fully saturated rings. The molecule has 5 heteroatoms. The van der Waals surface area contributed by atoms with Gasteiger partial charge in [-0.05, 0) is 32.4 Å². The molecule has 0 radical (unpaired) electrons. The number of halogens is 3. The van der Waals surface area contributed by atoms with Crippen LogP contribution < -0.4 is 5.32 Å². The minimum Gasteiger partial charge on any atom is -0.312 e. The van der Waals surface area contributed by atoms with Gasteiger partial charge in [-0.25, -0.2) is 0 Å². The van der Waals surface area contributed by atoms with Crippen LogP contribution in [0.15, 0.2) is 0 Å². The van der Waals surface area contributed by atoms with Crippen molar-refractivity contribution >= 4 is 0 Å². The quantitative estimate of drug-likeness (QED) is 0.782. The van der Waals surface area contributed by atoms with Crippen LogP contribution in [0.2, 0.25) is 0 Å². The fourth-order valence-electron chi connectivity index (χ4n) is 2.64. The monoisotopic (exact) mass is 252 g/mol. The highest BCUT2D eigenvalue weighted by Gasteiger charge is 2.37. The Kier molecular flexibility index (Phi) is 5.73. The first-order chi connectivity index (χ1) is 7.98. The van der Waals surface area contributed by atoms with Crippen LogP contribution in [-0.2, 0) is 0 Å². The molecule has 1 rings (SSSR count). The maximum absolute atomic E-state index is 12.5. The van der Waals surface area contributed by atoms with Crippen molar-refractivity contribution in [3.8, 4) is 0 Å². The molecule has 0 aromatic carbocycles. The number of hydrogen-bond donors (Lipinski definition) is 1. The second-order valence-electron chi connectivity index (χ2n) is 4.74. The molecule has 0 aromatic rings. The second kappa shape index (κ2) is 6.59. The fourth-order valence-corrected chi connectivity index (χ4v) is 2.64. The van der Waals surface area contributed by atoms with Crippen molar-refractivity contribution in [1.82, 2.24) is 10.2 Å². The average molecular weight is 252 g/mol. The molecule has 0 heterocycles. The zero-order valence-corrected chi connectivity index (χ0v) is 10.7. The van der Waals surface area contributed by atoms with Crippen molar-refractivity contribution in [3.63, 3.8) is 0 Å². The third-order valence-electron chi connectivity index (χ3n) is 3.39. The van der Waals surface area contributed by atoms with Crippen molar-refractivity contribution in [2.24, 2.45) is 0 Å².